The van der Waals surface area contributed by atoms with Gasteiger partial charge in [0.25, 0.3) is 0 Å². The molecule has 5 heteroatoms. The van der Waals surface area contributed by atoms with Crippen molar-refractivity contribution in [3.05, 3.63) is 46.6 Å². The van der Waals surface area contributed by atoms with E-state index in [0.29, 0.717) is 18.0 Å². The third-order valence-electron chi connectivity index (χ3n) is 2.63. The molecule has 1 aromatic carbocycles. The number of ether oxygens (including phenoxy) is 2. The summed E-state index contributed by atoms with van der Waals surface area (Å²) in [5, 5.41) is 3.25. The van der Waals surface area contributed by atoms with Gasteiger partial charge in [-0.2, -0.15) is 0 Å². The van der Waals surface area contributed by atoms with E-state index in [0.717, 1.165) is 15.9 Å². The minimum absolute atomic E-state index is 0.663. The second-order valence-electron chi connectivity index (χ2n) is 3.88. The number of pyridine rings is 1. The van der Waals surface area contributed by atoms with Crippen molar-refractivity contribution in [3.63, 3.8) is 0 Å². The highest BCUT2D eigenvalue weighted by Crippen LogP contribution is 2.36. The normalized spacial score (nSPS) is 10.1. The summed E-state index contributed by atoms with van der Waals surface area (Å²) in [5.41, 5.74) is 1.08. The molecule has 1 heterocycles. The van der Waals surface area contributed by atoms with E-state index in [-0.39, 0.29) is 0 Å². The Kier molecular flexibility index (Phi) is 4.63. The first-order chi connectivity index (χ1) is 9.24. The lowest BCUT2D eigenvalue weighted by Crippen LogP contribution is -2.02. The average molecular weight is 323 g/mol. The maximum atomic E-state index is 5.31. The van der Waals surface area contributed by atoms with E-state index >= 15 is 0 Å². The van der Waals surface area contributed by atoms with Gasteiger partial charge in [0.2, 0.25) is 0 Å². The number of halogens is 1. The highest BCUT2D eigenvalue weighted by molar-refractivity contribution is 9.10. The molecule has 0 aliphatic carbocycles. The van der Waals surface area contributed by atoms with E-state index < -0.39 is 0 Å². The fourth-order valence-electron chi connectivity index (χ4n) is 1.73. The largest absolute Gasteiger partial charge is 0.493 e. The number of benzene rings is 1. The maximum Gasteiger partial charge on any atom is 0.174 e. The lowest BCUT2D eigenvalue weighted by Gasteiger charge is -2.12. The molecular weight excluding hydrogens is 308 g/mol. The summed E-state index contributed by atoms with van der Waals surface area (Å²) in [6, 6.07) is 9.70. The van der Waals surface area contributed by atoms with Gasteiger partial charge >= 0.3 is 0 Å². The van der Waals surface area contributed by atoms with Crippen LogP contribution in [-0.4, -0.2) is 19.2 Å². The van der Waals surface area contributed by atoms with Crippen molar-refractivity contribution in [2.75, 3.05) is 19.5 Å². The first-order valence-corrected chi connectivity index (χ1v) is 6.59. The molecule has 0 radical (unpaired) electrons. The number of methoxy groups -OCH3 is 2. The molecule has 0 saturated heterocycles. The summed E-state index contributed by atoms with van der Waals surface area (Å²) in [4.78, 5) is 4.21. The van der Waals surface area contributed by atoms with E-state index in [2.05, 4.69) is 26.2 Å². The SMILES string of the molecule is COc1cc(CNc2ccccn2)cc(Br)c1OC. The Morgan fingerprint density at radius 2 is 2.05 bits per heavy atom. The molecule has 0 bridgehead atoms. The maximum absolute atomic E-state index is 5.31. The highest BCUT2D eigenvalue weighted by atomic mass is 79.9. The van der Waals surface area contributed by atoms with Gasteiger partial charge in [0.05, 0.1) is 18.7 Å². The zero-order valence-corrected chi connectivity index (χ0v) is 12.4. The molecule has 0 atom stereocenters. The van der Waals surface area contributed by atoms with E-state index in [9.17, 15) is 0 Å². The summed E-state index contributed by atoms with van der Waals surface area (Å²) in [7, 11) is 3.24. The molecule has 19 heavy (non-hydrogen) atoms. The van der Waals surface area contributed by atoms with Crippen molar-refractivity contribution in [1.82, 2.24) is 4.98 Å². The topological polar surface area (TPSA) is 43.4 Å². The predicted molar refractivity (Wildman–Crippen MR) is 78.8 cm³/mol. The molecule has 0 unspecified atom stereocenters. The molecule has 0 fully saturated rings. The second kappa shape index (κ2) is 6.43. The number of aromatic nitrogens is 1. The average Bonchev–Trinajstić information content (AvgIpc) is 2.45. The van der Waals surface area contributed by atoms with Gasteiger partial charge in [0.1, 0.15) is 5.82 Å². The van der Waals surface area contributed by atoms with Crippen LogP contribution in [0.4, 0.5) is 5.82 Å². The monoisotopic (exact) mass is 322 g/mol. The first-order valence-electron chi connectivity index (χ1n) is 5.80. The summed E-state index contributed by atoms with van der Waals surface area (Å²) in [6.07, 6.45) is 1.76. The van der Waals surface area contributed by atoms with E-state index in [4.69, 9.17) is 9.47 Å². The Balaban J connectivity index is 2.15. The fraction of sp³-hybridized carbons (Fsp3) is 0.214. The number of hydrogen-bond donors (Lipinski definition) is 1. The van der Waals surface area contributed by atoms with Crippen LogP contribution in [0, 0.1) is 0 Å². The molecule has 0 aliphatic heterocycles. The Morgan fingerprint density at radius 1 is 1.21 bits per heavy atom. The van der Waals surface area contributed by atoms with E-state index in [1.807, 2.05) is 30.3 Å². The van der Waals surface area contributed by atoms with Crippen LogP contribution in [0.3, 0.4) is 0 Å². The minimum atomic E-state index is 0.663. The molecule has 0 amide bonds. The Hall–Kier alpha value is -1.75. The number of nitrogens with one attached hydrogen (secondary N) is 1. The van der Waals surface area contributed by atoms with Crippen LogP contribution in [-0.2, 0) is 6.54 Å². The summed E-state index contributed by atoms with van der Waals surface area (Å²) in [5.74, 6) is 2.24. The van der Waals surface area contributed by atoms with Gasteiger partial charge in [0.15, 0.2) is 11.5 Å². The van der Waals surface area contributed by atoms with Gasteiger partial charge in [-0.15, -0.1) is 0 Å². The number of nitrogens with zero attached hydrogens (tertiary/aromatic N) is 1. The van der Waals surface area contributed by atoms with Gasteiger partial charge in [-0.05, 0) is 45.8 Å². The van der Waals surface area contributed by atoms with Crippen LogP contribution in [0.15, 0.2) is 41.0 Å². The van der Waals surface area contributed by atoms with Crippen molar-refractivity contribution in [2.45, 2.75) is 6.54 Å². The lowest BCUT2D eigenvalue weighted by molar-refractivity contribution is 0.352. The van der Waals surface area contributed by atoms with Gasteiger partial charge in [-0.1, -0.05) is 6.07 Å². The van der Waals surface area contributed by atoms with Crippen LogP contribution in [0.2, 0.25) is 0 Å². The standard InChI is InChI=1S/C14H15BrN2O2/c1-18-12-8-10(7-11(15)14(12)19-2)9-17-13-5-3-4-6-16-13/h3-8H,9H2,1-2H3,(H,16,17). The molecule has 1 aromatic heterocycles. The van der Waals surface area contributed by atoms with Gasteiger partial charge in [-0.25, -0.2) is 4.98 Å². The molecule has 1 N–H and O–H groups in total. The zero-order valence-electron chi connectivity index (χ0n) is 10.8. The molecule has 2 rings (SSSR count). The fourth-order valence-corrected chi connectivity index (χ4v) is 2.38. The summed E-state index contributed by atoms with van der Waals surface area (Å²) >= 11 is 3.48. The smallest absolute Gasteiger partial charge is 0.174 e. The summed E-state index contributed by atoms with van der Waals surface area (Å²) < 4.78 is 11.5. The van der Waals surface area contributed by atoms with Gasteiger partial charge in [-0.3, -0.25) is 0 Å². The minimum Gasteiger partial charge on any atom is -0.493 e. The Bertz CT molecular complexity index is 547. The number of anilines is 1. The van der Waals surface area contributed by atoms with Crippen LogP contribution in [0.5, 0.6) is 11.5 Å². The summed E-state index contributed by atoms with van der Waals surface area (Å²) in [6.45, 7) is 0.663. The van der Waals surface area contributed by atoms with Crippen molar-refractivity contribution in [1.29, 1.82) is 0 Å². The Labute approximate surface area is 120 Å². The molecule has 2 aromatic rings. The van der Waals surface area contributed by atoms with E-state index in [1.165, 1.54) is 0 Å². The van der Waals surface area contributed by atoms with Gasteiger partial charge < -0.3 is 14.8 Å². The van der Waals surface area contributed by atoms with Crippen LogP contribution in [0.25, 0.3) is 0 Å². The Morgan fingerprint density at radius 3 is 2.68 bits per heavy atom. The number of hydrogen-bond acceptors (Lipinski definition) is 4. The third-order valence-corrected chi connectivity index (χ3v) is 3.22. The lowest BCUT2D eigenvalue weighted by atomic mass is 10.2. The quantitative estimate of drug-likeness (QED) is 0.915. The van der Waals surface area contributed by atoms with Gasteiger partial charge in [0, 0.05) is 12.7 Å². The first kappa shape index (κ1) is 13.7. The van der Waals surface area contributed by atoms with E-state index in [1.54, 1.807) is 20.4 Å². The van der Waals surface area contributed by atoms with Crippen molar-refractivity contribution in [2.24, 2.45) is 0 Å². The highest BCUT2D eigenvalue weighted by Gasteiger charge is 2.10. The van der Waals surface area contributed by atoms with Crippen molar-refractivity contribution >= 4 is 21.7 Å². The second-order valence-corrected chi connectivity index (χ2v) is 4.74. The molecule has 0 aliphatic rings. The molecule has 4 nitrogen and oxygen atoms in total. The molecular formula is C14H15BrN2O2. The predicted octanol–water partition coefficient (Wildman–Crippen LogP) is 3.47. The molecule has 0 spiro atoms. The van der Waals surface area contributed by atoms with Crippen LogP contribution < -0.4 is 14.8 Å². The molecule has 100 valence electrons. The molecule has 0 saturated carbocycles. The van der Waals surface area contributed by atoms with Crippen molar-refractivity contribution < 1.29 is 9.47 Å². The van der Waals surface area contributed by atoms with Crippen LogP contribution >= 0.6 is 15.9 Å². The van der Waals surface area contributed by atoms with Crippen molar-refractivity contribution in [3.8, 4) is 11.5 Å². The zero-order chi connectivity index (χ0) is 13.7. The van der Waals surface area contributed by atoms with Crippen LogP contribution in [0.1, 0.15) is 5.56 Å². The number of rotatable bonds is 5. The third kappa shape index (κ3) is 3.38.